The number of rotatable bonds is 5. The minimum Gasteiger partial charge on any atom is -0.298 e. The summed E-state index contributed by atoms with van der Waals surface area (Å²) in [6.45, 7) is 1.90. The molecule has 0 radical (unpaired) electrons. The van der Waals surface area contributed by atoms with E-state index in [4.69, 9.17) is 0 Å². The fourth-order valence-electron chi connectivity index (χ4n) is 3.44. The van der Waals surface area contributed by atoms with E-state index in [1.54, 1.807) is 60.3 Å². The molecule has 9 heteroatoms. The van der Waals surface area contributed by atoms with Crippen molar-refractivity contribution < 1.29 is 13.2 Å². The topological polar surface area (TPSA) is 88.2 Å². The number of sulfonamides is 1. The molecule has 6 nitrogen and oxygen atoms in total. The van der Waals surface area contributed by atoms with Crippen LogP contribution in [-0.2, 0) is 15.8 Å². The lowest BCUT2D eigenvalue weighted by Gasteiger charge is -2.13. The summed E-state index contributed by atoms with van der Waals surface area (Å²) >= 11 is 3.24. The van der Waals surface area contributed by atoms with Gasteiger partial charge in [0.05, 0.1) is 10.6 Å². The van der Waals surface area contributed by atoms with Crippen LogP contribution in [0.25, 0.3) is 11.3 Å². The van der Waals surface area contributed by atoms with E-state index < -0.39 is 10.0 Å². The van der Waals surface area contributed by atoms with Gasteiger partial charge in [-0.1, -0.05) is 35.9 Å². The quantitative estimate of drug-likeness (QED) is 0.368. The molecule has 0 atom stereocenters. The van der Waals surface area contributed by atoms with E-state index in [1.165, 1.54) is 16.2 Å². The normalized spacial score (nSPS) is 12.5. The number of nitrogens with zero attached hydrogens (tertiary/aromatic N) is 1. The highest BCUT2D eigenvalue weighted by molar-refractivity contribution is 7.98. The number of benzene rings is 3. The second kappa shape index (κ2) is 8.66. The van der Waals surface area contributed by atoms with E-state index in [-0.39, 0.29) is 10.8 Å². The predicted octanol–water partition coefficient (Wildman–Crippen LogP) is 5.78. The number of anilines is 2. The molecule has 33 heavy (non-hydrogen) atoms. The number of thioether (sulfide) groups is 1. The molecule has 1 amide bonds. The summed E-state index contributed by atoms with van der Waals surface area (Å²) in [5.74, 6) is 0.533. The van der Waals surface area contributed by atoms with Gasteiger partial charge >= 0.3 is 0 Å². The number of amides is 1. The molecule has 0 aliphatic carbocycles. The highest BCUT2D eigenvalue weighted by Crippen LogP contribution is 2.44. The van der Waals surface area contributed by atoms with Crippen LogP contribution in [0.15, 0.2) is 82.6 Å². The number of thiazole rings is 1. The Morgan fingerprint density at radius 3 is 2.45 bits per heavy atom. The van der Waals surface area contributed by atoms with E-state index >= 15 is 0 Å². The number of aryl methyl sites for hydroxylation is 1. The molecular weight excluding hydrogens is 474 g/mol. The Hall–Kier alpha value is -3.14. The second-order valence-electron chi connectivity index (χ2n) is 7.53. The molecule has 2 N–H and O–H groups in total. The fraction of sp³-hybridized carbons (Fsp3) is 0.0833. The van der Waals surface area contributed by atoms with Crippen LogP contribution in [-0.4, -0.2) is 19.3 Å². The standard InChI is InChI=1S/C24H19N3O3S3/c1-15-6-12-18(13-7-15)33(29,30)27-17-10-8-16(9-11-17)23(28)26-24-25-22-19-4-2-3-5-20(19)31-14-21(22)32-24/h2-13,27H,14H2,1H3,(H,25,26,28). The number of aromatic nitrogens is 1. The highest BCUT2D eigenvalue weighted by atomic mass is 32.2. The van der Waals surface area contributed by atoms with Gasteiger partial charge in [-0.25, -0.2) is 13.4 Å². The van der Waals surface area contributed by atoms with Gasteiger partial charge in [0.25, 0.3) is 15.9 Å². The molecule has 3 aromatic carbocycles. The molecule has 1 aromatic heterocycles. The Kier molecular flexibility index (Phi) is 5.69. The van der Waals surface area contributed by atoms with Gasteiger partial charge < -0.3 is 0 Å². The summed E-state index contributed by atoms with van der Waals surface area (Å²) in [7, 11) is -3.70. The van der Waals surface area contributed by atoms with Crippen LogP contribution in [0.4, 0.5) is 10.8 Å². The van der Waals surface area contributed by atoms with Crippen LogP contribution in [0.1, 0.15) is 20.8 Å². The predicted molar refractivity (Wildman–Crippen MR) is 133 cm³/mol. The van der Waals surface area contributed by atoms with Crippen molar-refractivity contribution in [1.82, 2.24) is 4.98 Å². The van der Waals surface area contributed by atoms with Crippen molar-refractivity contribution in [3.8, 4) is 11.3 Å². The fourth-order valence-corrected chi connectivity index (χ4v) is 6.59. The average molecular weight is 494 g/mol. The van der Waals surface area contributed by atoms with Crippen molar-refractivity contribution >= 4 is 49.8 Å². The molecule has 0 spiro atoms. The van der Waals surface area contributed by atoms with Crippen LogP contribution < -0.4 is 10.0 Å². The maximum Gasteiger partial charge on any atom is 0.261 e. The zero-order valence-electron chi connectivity index (χ0n) is 17.5. The van der Waals surface area contributed by atoms with Gasteiger partial charge in [-0.3, -0.25) is 14.8 Å². The summed E-state index contributed by atoms with van der Waals surface area (Å²) in [5, 5.41) is 3.41. The van der Waals surface area contributed by atoms with Crippen molar-refractivity contribution in [3.05, 3.63) is 88.8 Å². The summed E-state index contributed by atoms with van der Waals surface area (Å²) in [4.78, 5) is 19.9. The van der Waals surface area contributed by atoms with E-state index in [0.29, 0.717) is 16.4 Å². The summed E-state index contributed by atoms with van der Waals surface area (Å²) in [5.41, 5.74) is 3.78. The van der Waals surface area contributed by atoms with Crippen LogP contribution in [0.5, 0.6) is 0 Å². The zero-order valence-corrected chi connectivity index (χ0v) is 20.0. The van der Waals surface area contributed by atoms with Crippen LogP contribution in [0, 0.1) is 6.92 Å². The third-order valence-electron chi connectivity index (χ3n) is 5.15. The molecular formula is C24H19N3O3S3. The first-order chi connectivity index (χ1) is 15.9. The summed E-state index contributed by atoms with van der Waals surface area (Å²) < 4.78 is 27.7. The lowest BCUT2D eigenvalue weighted by Crippen LogP contribution is -2.14. The van der Waals surface area contributed by atoms with Crippen molar-refractivity contribution in [1.29, 1.82) is 0 Å². The van der Waals surface area contributed by atoms with Crippen molar-refractivity contribution in [2.75, 3.05) is 10.0 Å². The van der Waals surface area contributed by atoms with E-state index in [1.807, 2.05) is 25.1 Å². The first-order valence-electron chi connectivity index (χ1n) is 10.1. The Morgan fingerprint density at radius 1 is 0.970 bits per heavy atom. The lowest BCUT2D eigenvalue weighted by atomic mass is 10.1. The SMILES string of the molecule is Cc1ccc(S(=O)(=O)Nc2ccc(C(=O)Nc3nc4c(s3)CSc3ccccc3-4)cc2)cc1. The third-order valence-corrected chi connectivity index (χ3v) is 8.80. The van der Waals surface area contributed by atoms with Gasteiger partial charge in [0.2, 0.25) is 0 Å². The molecule has 5 rings (SSSR count). The maximum absolute atomic E-state index is 12.7. The second-order valence-corrected chi connectivity index (χ2v) is 11.3. The Balaban J connectivity index is 1.29. The van der Waals surface area contributed by atoms with Gasteiger partial charge in [0.15, 0.2) is 5.13 Å². The molecule has 0 bridgehead atoms. The zero-order chi connectivity index (χ0) is 23.0. The maximum atomic E-state index is 12.7. The van der Waals surface area contributed by atoms with Crippen molar-refractivity contribution in [3.63, 3.8) is 0 Å². The van der Waals surface area contributed by atoms with Crippen LogP contribution in [0.3, 0.4) is 0 Å². The van der Waals surface area contributed by atoms with E-state index in [2.05, 4.69) is 21.1 Å². The van der Waals surface area contributed by atoms with Crippen LogP contribution >= 0.6 is 23.1 Å². The highest BCUT2D eigenvalue weighted by Gasteiger charge is 2.22. The molecule has 0 unspecified atom stereocenters. The number of carbonyl (C=O) groups excluding carboxylic acids is 1. The van der Waals surface area contributed by atoms with Crippen molar-refractivity contribution in [2.24, 2.45) is 0 Å². The monoisotopic (exact) mass is 493 g/mol. The molecule has 0 saturated carbocycles. The molecule has 0 fully saturated rings. The molecule has 0 saturated heterocycles. The summed E-state index contributed by atoms with van der Waals surface area (Å²) in [6, 6.07) is 21.0. The number of fused-ring (bicyclic) bond motifs is 3. The van der Waals surface area contributed by atoms with Crippen LogP contribution in [0.2, 0.25) is 0 Å². The molecule has 1 aliphatic heterocycles. The van der Waals surface area contributed by atoms with Crippen molar-refractivity contribution in [2.45, 2.75) is 22.5 Å². The molecule has 166 valence electrons. The largest absolute Gasteiger partial charge is 0.298 e. The van der Waals surface area contributed by atoms with Gasteiger partial charge in [0.1, 0.15) is 0 Å². The smallest absolute Gasteiger partial charge is 0.261 e. The Morgan fingerprint density at radius 2 is 1.70 bits per heavy atom. The average Bonchev–Trinajstić information content (AvgIpc) is 3.22. The Bertz CT molecular complexity index is 1440. The van der Waals surface area contributed by atoms with E-state index in [0.717, 1.165) is 27.5 Å². The first kappa shape index (κ1) is 21.7. The molecule has 4 aromatic rings. The number of hydrogen-bond acceptors (Lipinski definition) is 6. The first-order valence-corrected chi connectivity index (χ1v) is 13.4. The van der Waals surface area contributed by atoms with Gasteiger partial charge in [0, 0.05) is 32.3 Å². The third kappa shape index (κ3) is 4.52. The minimum absolute atomic E-state index is 0.183. The van der Waals surface area contributed by atoms with Gasteiger partial charge in [-0.15, -0.1) is 23.1 Å². The van der Waals surface area contributed by atoms with E-state index in [9.17, 15) is 13.2 Å². The minimum atomic E-state index is -3.70. The number of hydrogen-bond donors (Lipinski definition) is 2. The van der Waals surface area contributed by atoms with Gasteiger partial charge in [-0.05, 0) is 49.4 Å². The number of carbonyl (C=O) groups is 1. The lowest BCUT2D eigenvalue weighted by molar-refractivity contribution is 0.102. The summed E-state index contributed by atoms with van der Waals surface area (Å²) in [6.07, 6.45) is 0. The number of nitrogens with one attached hydrogen (secondary N) is 2. The Labute approximate surface area is 200 Å². The van der Waals surface area contributed by atoms with Gasteiger partial charge in [-0.2, -0.15) is 0 Å². The molecule has 1 aliphatic rings. The molecule has 2 heterocycles.